The molecule has 1 aromatic carbocycles. The molecule has 0 heterocycles. The first-order valence-electron chi connectivity index (χ1n) is 7.80. The Morgan fingerprint density at radius 1 is 1.24 bits per heavy atom. The Labute approximate surface area is 128 Å². The van der Waals surface area contributed by atoms with Gasteiger partial charge in [0.05, 0.1) is 14.2 Å². The number of benzene rings is 1. The standard InChI is InChI=1S/C17H28N2O2/c1-19(11-13-6-4-5-7-13)12-16(18)15-10-14(20-2)8-9-17(15)21-3/h8-10,13,16H,4-7,11-12,18H2,1-3H3. The maximum Gasteiger partial charge on any atom is 0.123 e. The third-order valence-electron chi connectivity index (χ3n) is 4.39. The zero-order chi connectivity index (χ0) is 15.2. The summed E-state index contributed by atoms with van der Waals surface area (Å²) >= 11 is 0. The zero-order valence-corrected chi connectivity index (χ0v) is 13.5. The Balaban J connectivity index is 1.99. The lowest BCUT2D eigenvalue weighted by Crippen LogP contribution is -2.32. The van der Waals surface area contributed by atoms with E-state index in [1.165, 1.54) is 25.7 Å². The van der Waals surface area contributed by atoms with Crippen LogP contribution >= 0.6 is 0 Å². The Morgan fingerprint density at radius 2 is 1.95 bits per heavy atom. The van der Waals surface area contributed by atoms with Crippen LogP contribution in [0.3, 0.4) is 0 Å². The molecule has 21 heavy (non-hydrogen) atoms. The fourth-order valence-electron chi connectivity index (χ4n) is 3.27. The Hall–Kier alpha value is -1.26. The fourth-order valence-corrected chi connectivity index (χ4v) is 3.27. The molecule has 1 fully saturated rings. The van der Waals surface area contributed by atoms with Gasteiger partial charge in [-0.15, -0.1) is 0 Å². The average Bonchev–Trinajstić information content (AvgIpc) is 2.99. The molecule has 0 aromatic heterocycles. The van der Waals surface area contributed by atoms with E-state index >= 15 is 0 Å². The Kier molecular flexibility index (Phi) is 5.88. The normalized spacial score (nSPS) is 17.2. The molecule has 1 aromatic rings. The van der Waals surface area contributed by atoms with Gasteiger partial charge < -0.3 is 20.1 Å². The van der Waals surface area contributed by atoms with Crippen LogP contribution in [0, 0.1) is 5.92 Å². The predicted molar refractivity (Wildman–Crippen MR) is 85.9 cm³/mol. The molecule has 0 amide bonds. The number of nitrogens with zero attached hydrogens (tertiary/aromatic N) is 1. The van der Waals surface area contributed by atoms with E-state index in [0.29, 0.717) is 0 Å². The highest BCUT2D eigenvalue weighted by molar-refractivity contribution is 5.42. The molecular formula is C17H28N2O2. The first-order chi connectivity index (χ1) is 10.1. The largest absolute Gasteiger partial charge is 0.497 e. The van der Waals surface area contributed by atoms with Crippen molar-refractivity contribution in [2.45, 2.75) is 31.7 Å². The van der Waals surface area contributed by atoms with E-state index in [1.54, 1.807) is 14.2 Å². The van der Waals surface area contributed by atoms with Gasteiger partial charge in [-0.2, -0.15) is 0 Å². The Morgan fingerprint density at radius 3 is 2.57 bits per heavy atom. The summed E-state index contributed by atoms with van der Waals surface area (Å²) in [6.45, 7) is 1.97. The molecule has 1 aliphatic carbocycles. The van der Waals surface area contributed by atoms with Crippen LogP contribution in [0.1, 0.15) is 37.3 Å². The van der Waals surface area contributed by atoms with Gasteiger partial charge in [-0.05, 0) is 44.0 Å². The molecule has 0 radical (unpaired) electrons. The van der Waals surface area contributed by atoms with Crippen molar-refractivity contribution in [3.8, 4) is 11.5 Å². The van der Waals surface area contributed by atoms with Gasteiger partial charge in [-0.1, -0.05) is 12.8 Å². The minimum Gasteiger partial charge on any atom is -0.497 e. The van der Waals surface area contributed by atoms with Crippen LogP contribution in [0.4, 0.5) is 0 Å². The van der Waals surface area contributed by atoms with Crippen molar-refractivity contribution in [2.75, 3.05) is 34.4 Å². The molecular weight excluding hydrogens is 264 g/mol. The molecule has 1 aliphatic rings. The zero-order valence-electron chi connectivity index (χ0n) is 13.5. The number of methoxy groups -OCH3 is 2. The Bertz CT molecular complexity index is 444. The van der Waals surface area contributed by atoms with Crippen molar-refractivity contribution >= 4 is 0 Å². The molecule has 4 heteroatoms. The molecule has 0 bridgehead atoms. The first kappa shape index (κ1) is 16.1. The minimum atomic E-state index is -0.0681. The van der Waals surface area contributed by atoms with Gasteiger partial charge in [0.25, 0.3) is 0 Å². The maximum absolute atomic E-state index is 6.39. The van der Waals surface area contributed by atoms with Crippen LogP contribution < -0.4 is 15.2 Å². The topological polar surface area (TPSA) is 47.7 Å². The minimum absolute atomic E-state index is 0.0681. The lowest BCUT2D eigenvalue weighted by molar-refractivity contribution is 0.261. The molecule has 118 valence electrons. The van der Waals surface area contributed by atoms with E-state index in [4.69, 9.17) is 15.2 Å². The molecule has 0 spiro atoms. The third kappa shape index (κ3) is 4.35. The van der Waals surface area contributed by atoms with Crippen LogP contribution in [0.25, 0.3) is 0 Å². The summed E-state index contributed by atoms with van der Waals surface area (Å²) in [6.07, 6.45) is 5.49. The van der Waals surface area contributed by atoms with Gasteiger partial charge in [0, 0.05) is 24.7 Å². The second-order valence-electron chi connectivity index (χ2n) is 6.09. The number of nitrogens with two attached hydrogens (primary N) is 1. The quantitative estimate of drug-likeness (QED) is 0.839. The van der Waals surface area contributed by atoms with Gasteiger partial charge in [0.15, 0.2) is 0 Å². The summed E-state index contributed by atoms with van der Waals surface area (Å²) in [4.78, 5) is 2.35. The number of ether oxygens (including phenoxy) is 2. The second kappa shape index (κ2) is 7.66. The SMILES string of the molecule is COc1ccc(OC)c(C(N)CN(C)CC2CCCC2)c1. The summed E-state index contributed by atoms with van der Waals surface area (Å²) in [6, 6.07) is 5.73. The summed E-state index contributed by atoms with van der Waals surface area (Å²) in [5.41, 5.74) is 7.40. The van der Waals surface area contributed by atoms with Crippen LogP contribution in [0.2, 0.25) is 0 Å². The highest BCUT2D eigenvalue weighted by atomic mass is 16.5. The van der Waals surface area contributed by atoms with Crippen molar-refractivity contribution in [2.24, 2.45) is 11.7 Å². The van der Waals surface area contributed by atoms with Gasteiger partial charge in [-0.3, -0.25) is 0 Å². The molecule has 0 aliphatic heterocycles. The summed E-state index contributed by atoms with van der Waals surface area (Å²) in [5.74, 6) is 2.49. The number of hydrogen-bond donors (Lipinski definition) is 1. The second-order valence-corrected chi connectivity index (χ2v) is 6.09. The van der Waals surface area contributed by atoms with E-state index in [0.717, 1.165) is 36.1 Å². The highest BCUT2D eigenvalue weighted by Gasteiger charge is 2.20. The molecule has 1 unspecified atom stereocenters. The summed E-state index contributed by atoms with van der Waals surface area (Å²) < 4.78 is 10.7. The van der Waals surface area contributed by atoms with E-state index < -0.39 is 0 Å². The van der Waals surface area contributed by atoms with Crippen molar-refractivity contribution in [1.29, 1.82) is 0 Å². The average molecular weight is 292 g/mol. The lowest BCUT2D eigenvalue weighted by Gasteiger charge is -2.25. The molecule has 2 rings (SSSR count). The van der Waals surface area contributed by atoms with Crippen LogP contribution in [0.5, 0.6) is 11.5 Å². The monoisotopic (exact) mass is 292 g/mol. The van der Waals surface area contributed by atoms with Crippen molar-refractivity contribution in [3.05, 3.63) is 23.8 Å². The van der Waals surface area contributed by atoms with E-state index in [9.17, 15) is 0 Å². The lowest BCUT2D eigenvalue weighted by atomic mass is 10.0. The molecule has 4 nitrogen and oxygen atoms in total. The summed E-state index contributed by atoms with van der Waals surface area (Å²) in [5, 5.41) is 0. The van der Waals surface area contributed by atoms with Gasteiger partial charge >= 0.3 is 0 Å². The van der Waals surface area contributed by atoms with E-state index in [2.05, 4.69) is 11.9 Å². The van der Waals surface area contributed by atoms with Gasteiger partial charge in [0.1, 0.15) is 11.5 Å². The molecule has 0 saturated heterocycles. The van der Waals surface area contributed by atoms with Gasteiger partial charge in [0.2, 0.25) is 0 Å². The van der Waals surface area contributed by atoms with Crippen molar-refractivity contribution < 1.29 is 9.47 Å². The highest BCUT2D eigenvalue weighted by Crippen LogP contribution is 2.29. The third-order valence-corrected chi connectivity index (χ3v) is 4.39. The van der Waals surface area contributed by atoms with E-state index in [1.807, 2.05) is 18.2 Å². The molecule has 1 atom stereocenters. The van der Waals surface area contributed by atoms with Crippen LogP contribution in [0.15, 0.2) is 18.2 Å². The smallest absolute Gasteiger partial charge is 0.123 e. The molecule has 1 saturated carbocycles. The molecule has 2 N–H and O–H groups in total. The van der Waals surface area contributed by atoms with Crippen LogP contribution in [-0.4, -0.2) is 39.3 Å². The number of rotatable bonds is 7. The first-order valence-corrected chi connectivity index (χ1v) is 7.80. The number of likely N-dealkylation sites (N-methyl/N-ethyl adjacent to an activating group) is 1. The van der Waals surface area contributed by atoms with Gasteiger partial charge in [-0.25, -0.2) is 0 Å². The van der Waals surface area contributed by atoms with E-state index in [-0.39, 0.29) is 6.04 Å². The van der Waals surface area contributed by atoms with Crippen molar-refractivity contribution in [1.82, 2.24) is 4.90 Å². The summed E-state index contributed by atoms with van der Waals surface area (Å²) in [7, 11) is 5.51. The number of hydrogen-bond acceptors (Lipinski definition) is 4. The fraction of sp³-hybridized carbons (Fsp3) is 0.647. The predicted octanol–water partition coefficient (Wildman–Crippen LogP) is 2.83. The maximum atomic E-state index is 6.39. The van der Waals surface area contributed by atoms with Crippen molar-refractivity contribution in [3.63, 3.8) is 0 Å². The van der Waals surface area contributed by atoms with Crippen LogP contribution in [-0.2, 0) is 0 Å².